The number of rotatable bonds is 3. The number of hydrogen-bond acceptors (Lipinski definition) is 5. The fourth-order valence-electron chi connectivity index (χ4n) is 1.37. The second-order valence-corrected chi connectivity index (χ2v) is 3.23. The monoisotopic (exact) mass is 218 g/mol. The average molecular weight is 218 g/mol. The summed E-state index contributed by atoms with van der Waals surface area (Å²) in [5.41, 5.74) is 6.11. The number of nitrogens with one attached hydrogen (secondary N) is 2. The highest BCUT2D eigenvalue weighted by Gasteiger charge is 2.10. The van der Waals surface area contributed by atoms with E-state index in [9.17, 15) is 4.79 Å². The Morgan fingerprint density at radius 3 is 3.06 bits per heavy atom. The first-order chi connectivity index (χ1) is 7.72. The van der Waals surface area contributed by atoms with Crippen LogP contribution in [0, 0.1) is 5.41 Å². The smallest absolute Gasteiger partial charge is 0.275 e. The van der Waals surface area contributed by atoms with Gasteiger partial charge in [0.15, 0.2) is 0 Å². The molecule has 2 aromatic heterocycles. The van der Waals surface area contributed by atoms with Gasteiger partial charge < -0.3 is 15.6 Å². The van der Waals surface area contributed by atoms with Gasteiger partial charge in [-0.15, -0.1) is 0 Å². The Morgan fingerprint density at radius 2 is 2.44 bits per heavy atom. The predicted molar refractivity (Wildman–Crippen MR) is 58.7 cm³/mol. The van der Waals surface area contributed by atoms with Crippen molar-refractivity contribution >= 4 is 11.9 Å². The van der Waals surface area contributed by atoms with Crippen LogP contribution >= 0.6 is 0 Å². The van der Waals surface area contributed by atoms with Crippen LogP contribution in [0.4, 0.5) is 5.69 Å². The lowest BCUT2D eigenvalue weighted by molar-refractivity contribution is 0.518. The van der Waals surface area contributed by atoms with E-state index in [-0.39, 0.29) is 11.3 Å². The topological polar surface area (TPSA) is 109 Å². The van der Waals surface area contributed by atoms with Crippen molar-refractivity contribution in [2.75, 3.05) is 5.73 Å². The number of nitrogens with two attached hydrogens (primary N) is 1. The molecule has 0 aromatic carbocycles. The second kappa shape index (κ2) is 4.01. The summed E-state index contributed by atoms with van der Waals surface area (Å²) in [6.45, 7) is 0. The minimum atomic E-state index is -0.462. The predicted octanol–water partition coefficient (Wildman–Crippen LogP) is 0.534. The molecular weight excluding hydrogens is 208 g/mol. The van der Waals surface area contributed by atoms with Crippen LogP contribution in [-0.2, 0) is 6.42 Å². The highest BCUT2D eigenvalue weighted by Crippen LogP contribution is 2.14. The summed E-state index contributed by atoms with van der Waals surface area (Å²) in [5.74, 6) is 0.696. The lowest BCUT2D eigenvalue weighted by atomic mass is 10.1. The van der Waals surface area contributed by atoms with E-state index in [4.69, 9.17) is 15.6 Å². The van der Waals surface area contributed by atoms with Gasteiger partial charge >= 0.3 is 0 Å². The van der Waals surface area contributed by atoms with Crippen LogP contribution in [0.15, 0.2) is 27.6 Å². The Morgan fingerprint density at radius 1 is 1.62 bits per heavy atom. The van der Waals surface area contributed by atoms with Crippen molar-refractivity contribution in [3.63, 3.8) is 0 Å². The Labute approximate surface area is 90.6 Å². The highest BCUT2D eigenvalue weighted by molar-refractivity contribution is 5.84. The molecule has 2 heterocycles. The molecule has 0 saturated carbocycles. The SMILES string of the molecule is N=Cc1c(N)c(Cc2ccco2)n[nH]c1=O. The highest BCUT2D eigenvalue weighted by atomic mass is 16.3. The first-order valence-corrected chi connectivity index (χ1v) is 4.62. The van der Waals surface area contributed by atoms with Gasteiger partial charge in [0.05, 0.1) is 29.6 Å². The van der Waals surface area contributed by atoms with E-state index in [2.05, 4.69) is 10.2 Å². The van der Waals surface area contributed by atoms with Gasteiger partial charge in [0.1, 0.15) is 5.76 Å². The Hall–Kier alpha value is -2.37. The minimum absolute atomic E-state index is 0.122. The van der Waals surface area contributed by atoms with Crippen molar-refractivity contribution in [3.05, 3.63) is 45.8 Å². The molecule has 4 N–H and O–H groups in total. The van der Waals surface area contributed by atoms with Gasteiger partial charge in [0.25, 0.3) is 5.56 Å². The first-order valence-electron chi connectivity index (χ1n) is 4.62. The third-order valence-electron chi connectivity index (χ3n) is 2.20. The maximum Gasteiger partial charge on any atom is 0.275 e. The molecule has 6 nitrogen and oxygen atoms in total. The maximum atomic E-state index is 11.3. The molecule has 0 unspecified atom stereocenters. The molecule has 16 heavy (non-hydrogen) atoms. The minimum Gasteiger partial charge on any atom is -0.469 e. The van der Waals surface area contributed by atoms with Gasteiger partial charge in [0, 0.05) is 6.21 Å². The summed E-state index contributed by atoms with van der Waals surface area (Å²) in [6, 6.07) is 3.55. The lowest BCUT2D eigenvalue weighted by Crippen LogP contribution is -2.19. The summed E-state index contributed by atoms with van der Waals surface area (Å²) >= 11 is 0. The van der Waals surface area contributed by atoms with Gasteiger partial charge in [-0.25, -0.2) is 5.10 Å². The molecule has 0 aliphatic carbocycles. The Kier molecular flexibility index (Phi) is 2.55. The van der Waals surface area contributed by atoms with Crippen LogP contribution in [-0.4, -0.2) is 16.4 Å². The summed E-state index contributed by atoms with van der Waals surface area (Å²) in [7, 11) is 0. The van der Waals surface area contributed by atoms with Crippen molar-refractivity contribution in [2.24, 2.45) is 0 Å². The van der Waals surface area contributed by atoms with E-state index >= 15 is 0 Å². The van der Waals surface area contributed by atoms with E-state index in [1.807, 2.05) is 0 Å². The van der Waals surface area contributed by atoms with E-state index < -0.39 is 5.56 Å². The summed E-state index contributed by atoms with van der Waals surface area (Å²) in [4.78, 5) is 11.3. The molecule has 0 bridgehead atoms. The summed E-state index contributed by atoms with van der Waals surface area (Å²) in [5, 5.41) is 13.2. The Bertz CT molecular complexity index is 557. The van der Waals surface area contributed by atoms with Gasteiger partial charge in [0.2, 0.25) is 0 Å². The van der Waals surface area contributed by atoms with Crippen LogP contribution in [0.3, 0.4) is 0 Å². The molecule has 0 fully saturated rings. The molecule has 2 aromatic rings. The van der Waals surface area contributed by atoms with Crippen molar-refractivity contribution in [1.82, 2.24) is 10.2 Å². The molecule has 0 radical (unpaired) electrons. The third kappa shape index (κ3) is 1.72. The van der Waals surface area contributed by atoms with Crippen molar-refractivity contribution in [2.45, 2.75) is 6.42 Å². The van der Waals surface area contributed by atoms with Gasteiger partial charge in [-0.2, -0.15) is 5.10 Å². The van der Waals surface area contributed by atoms with Gasteiger partial charge in [-0.1, -0.05) is 0 Å². The number of furan rings is 1. The van der Waals surface area contributed by atoms with Gasteiger partial charge in [-0.05, 0) is 12.1 Å². The van der Waals surface area contributed by atoms with E-state index in [0.29, 0.717) is 17.9 Å². The number of aromatic amines is 1. The van der Waals surface area contributed by atoms with Gasteiger partial charge in [-0.3, -0.25) is 4.79 Å². The molecule has 0 aliphatic rings. The molecule has 82 valence electrons. The number of aromatic nitrogens is 2. The zero-order chi connectivity index (χ0) is 11.5. The molecule has 6 heteroatoms. The number of nitrogen functional groups attached to an aromatic ring is 1. The average Bonchev–Trinajstić information content (AvgIpc) is 2.76. The standard InChI is InChI=1S/C10H10N4O2/c11-5-7-9(12)8(13-14-10(7)15)4-6-2-1-3-16-6/h1-3,5,11H,4H2,(H3,12,14,15). The quantitative estimate of drug-likeness (QED) is 0.653. The van der Waals surface area contributed by atoms with Crippen LogP contribution in [0.2, 0.25) is 0 Å². The first kappa shape index (κ1) is 10.2. The van der Waals surface area contributed by atoms with E-state index in [1.54, 1.807) is 18.4 Å². The largest absolute Gasteiger partial charge is 0.469 e. The van der Waals surface area contributed by atoms with Crippen molar-refractivity contribution in [3.8, 4) is 0 Å². The summed E-state index contributed by atoms with van der Waals surface area (Å²) < 4.78 is 5.15. The fraction of sp³-hybridized carbons (Fsp3) is 0.100. The third-order valence-corrected chi connectivity index (χ3v) is 2.20. The molecule has 0 atom stereocenters. The number of anilines is 1. The van der Waals surface area contributed by atoms with Crippen LogP contribution in [0.1, 0.15) is 17.0 Å². The second-order valence-electron chi connectivity index (χ2n) is 3.23. The maximum absolute atomic E-state index is 11.3. The van der Waals surface area contributed by atoms with Crippen LogP contribution < -0.4 is 11.3 Å². The molecule has 0 spiro atoms. The molecule has 0 amide bonds. The normalized spacial score (nSPS) is 10.2. The fourth-order valence-corrected chi connectivity index (χ4v) is 1.37. The van der Waals surface area contributed by atoms with E-state index in [0.717, 1.165) is 6.21 Å². The Balaban J connectivity index is 2.43. The lowest BCUT2D eigenvalue weighted by Gasteiger charge is -2.04. The number of nitrogens with zero attached hydrogens (tertiary/aromatic N) is 1. The number of H-pyrrole nitrogens is 1. The van der Waals surface area contributed by atoms with Crippen molar-refractivity contribution < 1.29 is 4.42 Å². The van der Waals surface area contributed by atoms with Crippen molar-refractivity contribution in [1.29, 1.82) is 5.41 Å². The molecule has 2 rings (SSSR count). The zero-order valence-corrected chi connectivity index (χ0v) is 8.36. The molecular formula is C10H10N4O2. The van der Waals surface area contributed by atoms with Crippen LogP contribution in [0.25, 0.3) is 0 Å². The summed E-state index contributed by atoms with van der Waals surface area (Å²) in [6.07, 6.45) is 2.85. The molecule has 0 saturated heterocycles. The molecule has 0 aliphatic heterocycles. The van der Waals surface area contributed by atoms with Crippen LogP contribution in [0.5, 0.6) is 0 Å². The number of hydrogen-bond donors (Lipinski definition) is 3. The van der Waals surface area contributed by atoms with E-state index in [1.165, 1.54) is 0 Å². The zero-order valence-electron chi connectivity index (χ0n) is 8.36.